The van der Waals surface area contributed by atoms with Crippen molar-refractivity contribution >= 4 is 41.4 Å². The first-order valence-corrected chi connectivity index (χ1v) is 16.9. The number of halogens is 2. The van der Waals surface area contributed by atoms with E-state index in [1.165, 1.54) is 54.3 Å². The van der Waals surface area contributed by atoms with Gasteiger partial charge >= 0.3 is 0 Å². The fourth-order valence-corrected chi connectivity index (χ4v) is 5.42. The van der Waals surface area contributed by atoms with E-state index in [0.717, 1.165) is 18.0 Å². The van der Waals surface area contributed by atoms with Crippen LogP contribution in [0.5, 0.6) is 0 Å². The quantitative estimate of drug-likeness (QED) is 0.231. The lowest BCUT2D eigenvalue weighted by molar-refractivity contribution is -0.133. The summed E-state index contributed by atoms with van der Waals surface area (Å²) in [5.41, 5.74) is 0.767. The van der Waals surface area contributed by atoms with Crippen LogP contribution in [0, 0.1) is 17.7 Å². The van der Waals surface area contributed by atoms with Gasteiger partial charge in [0.1, 0.15) is 11.9 Å². The van der Waals surface area contributed by atoms with Crippen molar-refractivity contribution in [2.45, 2.75) is 106 Å². The van der Waals surface area contributed by atoms with Gasteiger partial charge in [0.25, 0.3) is 0 Å². The van der Waals surface area contributed by atoms with E-state index in [-0.39, 0.29) is 41.2 Å². The number of hydrogen-bond acceptors (Lipinski definition) is 5. The summed E-state index contributed by atoms with van der Waals surface area (Å²) < 4.78 is 13.4. The summed E-state index contributed by atoms with van der Waals surface area (Å²) in [4.78, 5) is 54.4. The van der Waals surface area contributed by atoms with Crippen molar-refractivity contribution in [2.24, 2.45) is 11.8 Å². The molecule has 0 spiro atoms. The second-order valence-corrected chi connectivity index (χ2v) is 13.7. The van der Waals surface area contributed by atoms with Crippen LogP contribution < -0.4 is 10.6 Å². The molecule has 3 rings (SSSR count). The summed E-state index contributed by atoms with van der Waals surface area (Å²) in [6, 6.07) is 3.62. The van der Waals surface area contributed by atoms with Crippen LogP contribution in [0.15, 0.2) is 29.8 Å². The van der Waals surface area contributed by atoms with Gasteiger partial charge in [-0.05, 0) is 89.6 Å². The molecule has 0 aliphatic carbocycles. The van der Waals surface area contributed by atoms with Gasteiger partial charge in [0.05, 0.1) is 17.6 Å². The molecule has 260 valence electrons. The zero-order valence-electron chi connectivity index (χ0n) is 29.4. The van der Waals surface area contributed by atoms with E-state index in [2.05, 4.69) is 50.2 Å². The van der Waals surface area contributed by atoms with Crippen LogP contribution >= 0.6 is 11.6 Å². The summed E-state index contributed by atoms with van der Waals surface area (Å²) in [6.45, 7) is 19.5. The summed E-state index contributed by atoms with van der Waals surface area (Å²) >= 11 is 5.78. The molecule has 2 aliphatic rings. The van der Waals surface area contributed by atoms with Gasteiger partial charge in [-0.25, -0.2) is 4.39 Å². The van der Waals surface area contributed by atoms with E-state index in [1.807, 2.05) is 13.8 Å². The Morgan fingerprint density at radius 1 is 1.02 bits per heavy atom. The smallest absolute Gasteiger partial charge is 0.249 e. The highest BCUT2D eigenvalue weighted by atomic mass is 35.5. The molecule has 4 amide bonds. The van der Waals surface area contributed by atoms with Crippen LogP contribution in [0.2, 0.25) is 5.02 Å². The molecular formula is C35H57ClFN5O4. The van der Waals surface area contributed by atoms with Crippen molar-refractivity contribution in [3.63, 3.8) is 0 Å². The molecule has 11 heteroatoms. The number of benzene rings is 1. The van der Waals surface area contributed by atoms with E-state index in [1.54, 1.807) is 20.0 Å². The molecule has 2 saturated heterocycles. The Hall–Kier alpha value is -2.98. The number of likely N-dealkylation sites (N-methyl/N-ethyl adjacent to an activating group) is 1. The average Bonchev–Trinajstić information content (AvgIpc) is 3.50. The number of anilines is 1. The number of nitrogens with one attached hydrogen (secondary N) is 2. The second kappa shape index (κ2) is 21.0. The second-order valence-electron chi connectivity index (χ2n) is 13.3. The molecule has 2 N–H and O–H groups in total. The van der Waals surface area contributed by atoms with E-state index >= 15 is 0 Å². The number of amides is 4. The number of likely N-dealkylation sites (tertiary alicyclic amines) is 2. The Labute approximate surface area is 281 Å². The molecule has 0 aromatic heterocycles. The topological polar surface area (TPSA) is 102 Å². The Balaban J connectivity index is 0.000000674. The summed E-state index contributed by atoms with van der Waals surface area (Å²) in [7, 11) is 1.62. The highest BCUT2D eigenvalue weighted by molar-refractivity contribution is 6.31. The van der Waals surface area contributed by atoms with Crippen LogP contribution in [0.3, 0.4) is 0 Å². The molecule has 2 aliphatic heterocycles. The van der Waals surface area contributed by atoms with Gasteiger partial charge in [-0.15, -0.1) is 0 Å². The van der Waals surface area contributed by atoms with Crippen molar-refractivity contribution in [1.82, 2.24) is 20.0 Å². The molecule has 2 atom stereocenters. The Bertz CT molecular complexity index is 1150. The van der Waals surface area contributed by atoms with Crippen LogP contribution in [-0.2, 0) is 19.2 Å². The fourth-order valence-electron chi connectivity index (χ4n) is 5.24. The van der Waals surface area contributed by atoms with Crippen LogP contribution in [0.1, 0.15) is 87.5 Å². The zero-order valence-corrected chi connectivity index (χ0v) is 30.1. The van der Waals surface area contributed by atoms with E-state index < -0.39 is 11.9 Å². The lowest BCUT2D eigenvalue weighted by Crippen LogP contribution is -2.45. The van der Waals surface area contributed by atoms with Crippen LogP contribution in [0.25, 0.3) is 0 Å². The maximum Gasteiger partial charge on any atom is 0.249 e. The van der Waals surface area contributed by atoms with Crippen molar-refractivity contribution in [3.05, 3.63) is 40.7 Å². The van der Waals surface area contributed by atoms with Gasteiger partial charge < -0.3 is 25.3 Å². The summed E-state index contributed by atoms with van der Waals surface area (Å²) in [5.74, 6) is -0.683. The maximum absolute atomic E-state index is 13.4. The van der Waals surface area contributed by atoms with Crippen molar-refractivity contribution in [3.8, 4) is 0 Å². The fraction of sp³-hybridized carbons (Fsp3) is 0.657. The number of carbonyl (C=O) groups excluding carboxylic acids is 4. The lowest BCUT2D eigenvalue weighted by atomic mass is 9.99. The zero-order chi connectivity index (χ0) is 35.0. The molecule has 2 unspecified atom stereocenters. The minimum atomic E-state index is -0.668. The molecule has 46 heavy (non-hydrogen) atoms. The first kappa shape index (κ1) is 41.0. The SMILES string of the molecule is C/C(=C\C(C(C)C)N(C)C(=O)CNC=O)C(=O)N1CCCC1C(=O)Nc1ccc(F)c(Cl)c1.CC(C)C.CC(C)N1CCCCC1. The predicted molar refractivity (Wildman–Crippen MR) is 185 cm³/mol. The molecule has 9 nitrogen and oxygen atoms in total. The number of piperidine rings is 1. The van der Waals surface area contributed by atoms with Gasteiger partial charge in [-0.3, -0.25) is 19.2 Å². The predicted octanol–water partition coefficient (Wildman–Crippen LogP) is 6.13. The van der Waals surface area contributed by atoms with Gasteiger partial charge in [0.2, 0.25) is 24.1 Å². The third kappa shape index (κ3) is 14.2. The number of nitrogens with zero attached hydrogens (tertiary/aromatic N) is 3. The molecule has 0 radical (unpaired) electrons. The Morgan fingerprint density at radius 2 is 1.63 bits per heavy atom. The van der Waals surface area contributed by atoms with E-state index in [0.29, 0.717) is 37.1 Å². The lowest BCUT2D eigenvalue weighted by Gasteiger charge is -2.30. The molecular weight excluding hydrogens is 609 g/mol. The van der Waals surface area contributed by atoms with Gasteiger partial charge in [0, 0.05) is 30.9 Å². The number of rotatable bonds is 10. The largest absolute Gasteiger partial charge is 0.350 e. The van der Waals surface area contributed by atoms with Crippen molar-refractivity contribution < 1.29 is 23.6 Å². The number of hydrogen-bond donors (Lipinski definition) is 2. The molecule has 2 heterocycles. The molecule has 0 saturated carbocycles. The minimum absolute atomic E-state index is 0.0128. The number of carbonyl (C=O) groups is 4. The first-order valence-electron chi connectivity index (χ1n) is 16.5. The molecule has 1 aromatic carbocycles. The van der Waals surface area contributed by atoms with Crippen LogP contribution in [0.4, 0.5) is 10.1 Å². The molecule has 1 aromatic rings. The molecule has 2 fully saturated rings. The normalized spacial score (nSPS) is 17.5. The first-order chi connectivity index (χ1) is 21.6. The Morgan fingerprint density at radius 3 is 2.13 bits per heavy atom. The van der Waals surface area contributed by atoms with E-state index in [9.17, 15) is 23.6 Å². The van der Waals surface area contributed by atoms with Gasteiger partial charge in [0.15, 0.2) is 0 Å². The molecule has 0 bridgehead atoms. The van der Waals surface area contributed by atoms with E-state index in [4.69, 9.17) is 11.6 Å². The highest BCUT2D eigenvalue weighted by Gasteiger charge is 2.35. The average molecular weight is 666 g/mol. The third-order valence-corrected chi connectivity index (χ3v) is 8.03. The Kier molecular flexibility index (Phi) is 18.7. The third-order valence-electron chi connectivity index (χ3n) is 7.74. The monoisotopic (exact) mass is 665 g/mol. The van der Waals surface area contributed by atoms with Crippen LogP contribution in [-0.4, -0.2) is 90.2 Å². The minimum Gasteiger partial charge on any atom is -0.350 e. The summed E-state index contributed by atoms with van der Waals surface area (Å²) in [5, 5.41) is 4.94. The van der Waals surface area contributed by atoms with Gasteiger partial charge in [-0.2, -0.15) is 0 Å². The highest BCUT2D eigenvalue weighted by Crippen LogP contribution is 2.24. The van der Waals surface area contributed by atoms with Gasteiger partial charge in [-0.1, -0.05) is 58.7 Å². The van der Waals surface area contributed by atoms with Crippen molar-refractivity contribution in [1.29, 1.82) is 0 Å². The maximum atomic E-state index is 13.4. The summed E-state index contributed by atoms with van der Waals surface area (Å²) in [6.07, 6.45) is 7.63. The standard InChI is InChI=1S/C23H30ClFN4O4.C8H17N.C4H10/c1-14(2)20(28(4)21(31)12-26-13-30)10-15(3)23(33)29-9-5-6-19(29)22(32)27-16-7-8-18(25)17(24)11-16;1-8(2)9-6-4-3-5-7-9;1-4(2)3/h7-8,10-11,13-14,19-20H,5-6,9,12H2,1-4H3,(H,26,30)(H,27,32);8H,3-7H2,1-2H3;4H,1-3H3/b15-10+;;. The van der Waals surface area contributed by atoms with Crippen molar-refractivity contribution in [2.75, 3.05) is 38.5 Å².